The van der Waals surface area contributed by atoms with E-state index in [0.717, 1.165) is 33.5 Å². The molecule has 1 saturated heterocycles. The smallest absolute Gasteiger partial charge is 0.219 e. The van der Waals surface area contributed by atoms with E-state index >= 15 is 0 Å². The highest BCUT2D eigenvalue weighted by atomic mass is 79.9. The summed E-state index contributed by atoms with van der Waals surface area (Å²) < 4.78 is 7.60. The van der Waals surface area contributed by atoms with Gasteiger partial charge in [-0.15, -0.1) is 0 Å². The lowest BCUT2D eigenvalue weighted by molar-refractivity contribution is -0.158. The Kier molecular flexibility index (Phi) is 4.99. The van der Waals surface area contributed by atoms with Crippen LogP contribution in [-0.2, 0) is 4.79 Å². The number of hydrogen-bond donors (Lipinski definition) is 0. The van der Waals surface area contributed by atoms with E-state index in [1.54, 1.807) is 13.0 Å². The summed E-state index contributed by atoms with van der Waals surface area (Å²) in [7, 11) is 0. The number of nitrogens with zero attached hydrogens (tertiary/aromatic N) is 3. The van der Waals surface area contributed by atoms with Crippen LogP contribution in [0, 0.1) is 0 Å². The van der Waals surface area contributed by atoms with Crippen LogP contribution in [0.15, 0.2) is 46.0 Å². The van der Waals surface area contributed by atoms with Gasteiger partial charge in [0.05, 0.1) is 16.8 Å². The van der Waals surface area contributed by atoms with Crippen molar-refractivity contribution in [2.24, 2.45) is 5.10 Å². The second-order valence-corrected chi connectivity index (χ2v) is 9.73. The summed E-state index contributed by atoms with van der Waals surface area (Å²) in [4.78, 5) is 13.7. The molecular weight excluding hydrogens is 489 g/mol. The summed E-state index contributed by atoms with van der Waals surface area (Å²) in [6, 6.07) is 11.7. The minimum Gasteiger partial charge on any atom is -0.466 e. The van der Waals surface area contributed by atoms with Crippen LogP contribution in [-0.4, -0.2) is 40.3 Å². The second-order valence-electron chi connectivity index (χ2n) is 7.97. The van der Waals surface area contributed by atoms with Gasteiger partial charge in [0.15, 0.2) is 0 Å². The Hall–Kier alpha value is -1.76. The lowest BCUT2D eigenvalue weighted by atomic mass is 9.90. The van der Waals surface area contributed by atoms with Crippen molar-refractivity contribution in [3.05, 3.63) is 62.0 Å². The molecule has 1 fully saturated rings. The highest BCUT2D eigenvalue weighted by Crippen LogP contribution is 2.50. The Morgan fingerprint density at radius 3 is 2.67 bits per heavy atom. The monoisotopic (exact) mass is 507 g/mol. The van der Waals surface area contributed by atoms with Crippen LogP contribution in [0.25, 0.3) is 0 Å². The third-order valence-electron chi connectivity index (χ3n) is 6.19. The van der Waals surface area contributed by atoms with Gasteiger partial charge in [-0.3, -0.25) is 4.79 Å². The van der Waals surface area contributed by atoms with Crippen LogP contribution in [0.3, 0.4) is 0 Å². The first-order chi connectivity index (χ1) is 14.4. The summed E-state index contributed by atoms with van der Waals surface area (Å²) in [5, 5.41) is 8.33. The Balaban J connectivity index is 1.57. The average molecular weight is 509 g/mol. The Bertz CT molecular complexity index is 1070. The van der Waals surface area contributed by atoms with E-state index < -0.39 is 5.72 Å². The van der Waals surface area contributed by atoms with Gasteiger partial charge in [0.2, 0.25) is 11.6 Å². The molecule has 0 aliphatic carbocycles. The summed E-state index contributed by atoms with van der Waals surface area (Å²) >= 11 is 16.2. The van der Waals surface area contributed by atoms with E-state index in [2.05, 4.69) is 27.0 Å². The van der Waals surface area contributed by atoms with E-state index in [-0.39, 0.29) is 11.9 Å². The van der Waals surface area contributed by atoms with Gasteiger partial charge >= 0.3 is 0 Å². The largest absolute Gasteiger partial charge is 0.466 e. The van der Waals surface area contributed by atoms with Crippen LogP contribution < -0.4 is 4.74 Å². The van der Waals surface area contributed by atoms with Crippen molar-refractivity contribution in [1.82, 2.24) is 9.91 Å². The zero-order valence-corrected chi connectivity index (χ0v) is 19.5. The fourth-order valence-electron chi connectivity index (χ4n) is 4.64. The van der Waals surface area contributed by atoms with E-state index in [9.17, 15) is 4.79 Å². The molecule has 8 heteroatoms. The normalized spacial score (nSPS) is 21.7. The Morgan fingerprint density at radius 1 is 1.20 bits per heavy atom. The molecule has 5 rings (SSSR count). The number of hydrogen-bond acceptors (Lipinski definition) is 4. The number of carbonyl (C=O) groups is 1. The number of piperidine rings is 1. The molecule has 1 amide bonds. The first kappa shape index (κ1) is 20.2. The lowest BCUT2D eigenvalue weighted by Gasteiger charge is -2.51. The number of fused-ring (bicyclic) bond motifs is 4. The molecule has 30 heavy (non-hydrogen) atoms. The van der Waals surface area contributed by atoms with Gasteiger partial charge in [0, 0.05) is 59.9 Å². The zero-order valence-electron chi connectivity index (χ0n) is 16.4. The minimum absolute atomic E-state index is 0.0527. The molecule has 1 spiro atoms. The third-order valence-corrected chi connectivity index (χ3v) is 7.23. The van der Waals surface area contributed by atoms with E-state index in [1.165, 1.54) is 0 Å². The van der Waals surface area contributed by atoms with Gasteiger partial charge in [-0.1, -0.05) is 45.2 Å². The molecule has 0 aromatic heterocycles. The number of likely N-dealkylation sites (tertiary alicyclic amines) is 1. The topological polar surface area (TPSA) is 45.1 Å². The molecular formula is C22H20BrCl2N3O2. The van der Waals surface area contributed by atoms with Crippen molar-refractivity contribution in [1.29, 1.82) is 0 Å². The van der Waals surface area contributed by atoms with Gasteiger partial charge in [-0.25, -0.2) is 5.01 Å². The zero-order chi connectivity index (χ0) is 21.0. The summed E-state index contributed by atoms with van der Waals surface area (Å²) in [5.41, 5.74) is 2.35. The molecule has 5 nitrogen and oxygen atoms in total. The highest BCUT2D eigenvalue weighted by molar-refractivity contribution is 9.10. The maximum absolute atomic E-state index is 11.8. The maximum Gasteiger partial charge on any atom is 0.219 e. The standard InChI is InChI=1S/C22H20BrCl2N3O2/c1-13(29)27-8-6-22(7-9-27)28-20(17-10-14(23)2-5-21(17)30-22)12-19(26-28)16-4-3-15(24)11-18(16)25/h2-5,10-11,20H,6-9,12H2,1H3/t20-/m1/s1. The van der Waals surface area contributed by atoms with Gasteiger partial charge in [0.25, 0.3) is 0 Å². The predicted octanol–water partition coefficient (Wildman–Crippen LogP) is 5.64. The number of hydrazone groups is 1. The van der Waals surface area contributed by atoms with Gasteiger partial charge in [-0.2, -0.15) is 5.10 Å². The van der Waals surface area contributed by atoms with E-state index in [4.69, 9.17) is 33.0 Å². The van der Waals surface area contributed by atoms with Crippen LogP contribution in [0.1, 0.15) is 43.4 Å². The Morgan fingerprint density at radius 2 is 1.97 bits per heavy atom. The van der Waals surface area contributed by atoms with Crippen molar-refractivity contribution >= 4 is 50.8 Å². The molecule has 3 aliphatic rings. The van der Waals surface area contributed by atoms with Crippen molar-refractivity contribution in [3.8, 4) is 5.75 Å². The summed E-state index contributed by atoms with van der Waals surface area (Å²) in [5.74, 6) is 0.981. The SMILES string of the molecule is CC(=O)N1CCC2(CC1)Oc1ccc(Br)cc1[C@H]1CC(c3ccc(Cl)cc3Cl)=NN12. The molecule has 0 radical (unpaired) electrons. The van der Waals surface area contributed by atoms with Crippen molar-refractivity contribution in [3.63, 3.8) is 0 Å². The molecule has 0 unspecified atom stereocenters. The molecule has 0 N–H and O–H groups in total. The highest BCUT2D eigenvalue weighted by Gasteiger charge is 2.52. The summed E-state index contributed by atoms with van der Waals surface area (Å²) in [6.07, 6.45) is 2.12. The number of ether oxygens (including phenoxy) is 1. The number of halogens is 3. The van der Waals surface area contributed by atoms with E-state index in [0.29, 0.717) is 36.0 Å². The predicted molar refractivity (Wildman–Crippen MR) is 121 cm³/mol. The van der Waals surface area contributed by atoms with Crippen molar-refractivity contribution < 1.29 is 9.53 Å². The molecule has 0 saturated carbocycles. The molecule has 2 aromatic rings. The van der Waals surface area contributed by atoms with Gasteiger partial charge in [-0.05, 0) is 30.3 Å². The van der Waals surface area contributed by atoms with Crippen LogP contribution >= 0.6 is 39.1 Å². The minimum atomic E-state index is -0.571. The van der Waals surface area contributed by atoms with Crippen molar-refractivity contribution in [2.45, 2.75) is 38.0 Å². The van der Waals surface area contributed by atoms with E-state index in [1.807, 2.05) is 29.2 Å². The number of amides is 1. The number of carbonyl (C=O) groups excluding carboxylic acids is 1. The van der Waals surface area contributed by atoms with Crippen LogP contribution in [0.2, 0.25) is 10.0 Å². The molecule has 1 atom stereocenters. The molecule has 156 valence electrons. The molecule has 2 aromatic carbocycles. The van der Waals surface area contributed by atoms with Crippen molar-refractivity contribution in [2.75, 3.05) is 13.1 Å². The third kappa shape index (κ3) is 3.29. The number of rotatable bonds is 1. The molecule has 3 heterocycles. The van der Waals surface area contributed by atoms with Crippen LogP contribution in [0.4, 0.5) is 0 Å². The average Bonchev–Trinajstić information content (AvgIpc) is 3.15. The lowest BCUT2D eigenvalue weighted by Crippen LogP contribution is -2.59. The Labute approximate surface area is 193 Å². The van der Waals surface area contributed by atoms with Crippen LogP contribution in [0.5, 0.6) is 5.75 Å². The summed E-state index contributed by atoms with van der Waals surface area (Å²) in [6.45, 7) is 2.91. The quantitative estimate of drug-likeness (QED) is 0.500. The van der Waals surface area contributed by atoms with Gasteiger partial charge in [0.1, 0.15) is 5.75 Å². The first-order valence-electron chi connectivity index (χ1n) is 9.92. The fraction of sp³-hybridized carbons (Fsp3) is 0.364. The second kappa shape index (κ2) is 7.43. The maximum atomic E-state index is 11.8. The molecule has 0 bridgehead atoms. The fourth-order valence-corrected chi connectivity index (χ4v) is 5.54. The molecule has 3 aliphatic heterocycles. The van der Waals surface area contributed by atoms with Gasteiger partial charge < -0.3 is 9.64 Å². The number of benzene rings is 2. The first-order valence-corrected chi connectivity index (χ1v) is 11.5.